The Labute approximate surface area is 292 Å². The SMILES string of the molecule is CC1=C/C(C)=C/[C@@H](C)[C@@H](O)[C@@H](C)C/C(C)=C/C=C/[C@H](C)[C@@H]([C@@H](C)[C@@H](O)[C@H](C)[C@@]2(O)C[C@@H](OC(=O)/C=C/C(=O)O)[C@H](C)[C@@H](C(C)C)O2)OC1=O. The standard InChI is InChI=1S/C39H60O10/c1-21(2)36-28(9)31(47-33(42)16-15-32(40)41)20-39(46,49-36)30(11)35(44)29(10)37-24(5)14-12-13-22(3)17-25(6)34(43)26(7)18-23(4)19-27(8)38(45)48-37/h12-16,18-19,21,24-26,28-31,34-37,43-44,46H,17,20H2,1-11H3,(H,40,41)/b14-12+,16-15+,22-13+,23-18+,27-19?/t24-,25-,26+,28-,29-,30-,31+,34-,35+,36+,37-,39+/m0/s1. The summed E-state index contributed by atoms with van der Waals surface area (Å²) in [6, 6.07) is 0. The van der Waals surface area contributed by atoms with Crippen molar-refractivity contribution in [3.63, 3.8) is 0 Å². The fourth-order valence-corrected chi connectivity index (χ4v) is 7.10. The Bertz CT molecular complexity index is 1310. The highest BCUT2D eigenvalue weighted by molar-refractivity contribution is 5.90. The van der Waals surface area contributed by atoms with Gasteiger partial charge >= 0.3 is 17.9 Å². The summed E-state index contributed by atoms with van der Waals surface area (Å²) in [5.41, 5.74) is 2.27. The molecule has 2 heterocycles. The van der Waals surface area contributed by atoms with E-state index in [1.807, 2.05) is 79.7 Å². The highest BCUT2D eigenvalue weighted by Crippen LogP contribution is 2.42. The molecule has 1 saturated heterocycles. The molecule has 0 spiro atoms. The molecule has 12 atom stereocenters. The number of hydrogen-bond donors (Lipinski definition) is 4. The fraction of sp³-hybridized carbons (Fsp3) is 0.667. The predicted octanol–water partition coefficient (Wildman–Crippen LogP) is 5.92. The van der Waals surface area contributed by atoms with Gasteiger partial charge in [0.25, 0.3) is 0 Å². The number of aliphatic carboxylic acids is 1. The summed E-state index contributed by atoms with van der Waals surface area (Å²) in [6.07, 6.45) is 7.59. The number of carboxylic acids is 1. The fourth-order valence-electron chi connectivity index (χ4n) is 7.10. The van der Waals surface area contributed by atoms with E-state index in [0.29, 0.717) is 18.1 Å². The summed E-state index contributed by atoms with van der Waals surface area (Å²) in [5, 5.41) is 43.6. The van der Waals surface area contributed by atoms with Gasteiger partial charge in [0.05, 0.1) is 18.3 Å². The summed E-state index contributed by atoms with van der Waals surface area (Å²) >= 11 is 0. The summed E-state index contributed by atoms with van der Waals surface area (Å²) in [6.45, 7) is 20.5. The van der Waals surface area contributed by atoms with E-state index in [1.54, 1.807) is 26.8 Å². The zero-order valence-corrected chi connectivity index (χ0v) is 31.1. The first-order chi connectivity index (χ1) is 22.7. The quantitative estimate of drug-likeness (QED) is 0.178. The molecule has 2 rings (SSSR count). The van der Waals surface area contributed by atoms with Gasteiger partial charge < -0.3 is 34.6 Å². The number of aliphatic hydroxyl groups excluding tert-OH is 2. The van der Waals surface area contributed by atoms with Crippen LogP contribution in [0.25, 0.3) is 0 Å². The van der Waals surface area contributed by atoms with Crippen LogP contribution in [-0.4, -0.2) is 74.6 Å². The number of allylic oxidation sites excluding steroid dienone is 5. The van der Waals surface area contributed by atoms with Crippen molar-refractivity contribution in [2.45, 2.75) is 125 Å². The van der Waals surface area contributed by atoms with Crippen molar-refractivity contribution < 1.29 is 49.0 Å². The molecule has 0 aliphatic carbocycles. The number of rotatable bonds is 8. The van der Waals surface area contributed by atoms with Crippen molar-refractivity contribution in [2.24, 2.45) is 41.4 Å². The second kappa shape index (κ2) is 18.3. The second-order valence-electron chi connectivity index (χ2n) is 14.9. The van der Waals surface area contributed by atoms with Crippen molar-refractivity contribution in [2.75, 3.05) is 0 Å². The minimum absolute atomic E-state index is 0.0175. The van der Waals surface area contributed by atoms with Crippen LogP contribution in [0.15, 0.2) is 59.3 Å². The number of carbonyl (C=O) groups is 3. The molecule has 276 valence electrons. The minimum Gasteiger partial charge on any atom is -0.478 e. The molecule has 1 fully saturated rings. The topological polar surface area (TPSA) is 160 Å². The normalized spacial score (nSPS) is 37.1. The van der Waals surface area contributed by atoms with Crippen molar-refractivity contribution >= 4 is 17.9 Å². The molecule has 2 aliphatic rings. The Morgan fingerprint density at radius 2 is 1.65 bits per heavy atom. The van der Waals surface area contributed by atoms with Crippen LogP contribution >= 0.6 is 0 Å². The second-order valence-corrected chi connectivity index (χ2v) is 14.9. The van der Waals surface area contributed by atoms with E-state index < -0.39 is 66.1 Å². The van der Waals surface area contributed by atoms with Crippen LogP contribution in [0.3, 0.4) is 0 Å². The average Bonchev–Trinajstić information content (AvgIpc) is 3.01. The minimum atomic E-state index is -1.92. The van der Waals surface area contributed by atoms with Crippen molar-refractivity contribution in [1.29, 1.82) is 0 Å². The highest BCUT2D eigenvalue weighted by atomic mass is 16.6. The number of carboxylic acid groups (broad SMARTS) is 1. The molecular formula is C39H60O10. The van der Waals surface area contributed by atoms with Crippen LogP contribution in [0, 0.1) is 41.4 Å². The first-order valence-electron chi connectivity index (χ1n) is 17.5. The summed E-state index contributed by atoms with van der Waals surface area (Å²) < 4.78 is 18.0. The molecule has 10 heteroatoms. The molecule has 0 bridgehead atoms. The Morgan fingerprint density at radius 1 is 1.02 bits per heavy atom. The van der Waals surface area contributed by atoms with Crippen molar-refractivity contribution in [3.05, 3.63) is 59.3 Å². The number of aliphatic hydroxyl groups is 3. The molecule has 4 N–H and O–H groups in total. The van der Waals surface area contributed by atoms with Crippen LogP contribution in [0.4, 0.5) is 0 Å². The number of esters is 2. The maximum absolute atomic E-state index is 13.5. The van der Waals surface area contributed by atoms with Crippen LogP contribution in [0.1, 0.15) is 89.0 Å². The van der Waals surface area contributed by atoms with Gasteiger partial charge in [0, 0.05) is 53.7 Å². The predicted molar refractivity (Wildman–Crippen MR) is 188 cm³/mol. The van der Waals surface area contributed by atoms with Gasteiger partial charge in [-0.1, -0.05) is 90.8 Å². The zero-order valence-electron chi connectivity index (χ0n) is 31.1. The van der Waals surface area contributed by atoms with Crippen LogP contribution < -0.4 is 0 Å². The van der Waals surface area contributed by atoms with Crippen LogP contribution in [0.5, 0.6) is 0 Å². The maximum atomic E-state index is 13.5. The van der Waals surface area contributed by atoms with Gasteiger partial charge in [-0.2, -0.15) is 0 Å². The Balaban J connectivity index is 2.47. The van der Waals surface area contributed by atoms with E-state index in [4.69, 9.17) is 19.3 Å². The Hall–Kier alpha value is -3.05. The molecular weight excluding hydrogens is 628 g/mol. The number of hydrogen-bond acceptors (Lipinski definition) is 9. The number of carbonyl (C=O) groups excluding carboxylic acids is 2. The Morgan fingerprint density at radius 3 is 2.24 bits per heavy atom. The third-order valence-corrected chi connectivity index (χ3v) is 10.1. The third kappa shape index (κ3) is 11.8. The van der Waals surface area contributed by atoms with E-state index in [-0.39, 0.29) is 36.0 Å². The maximum Gasteiger partial charge on any atom is 0.334 e. The summed E-state index contributed by atoms with van der Waals surface area (Å²) in [5.74, 6) is -7.09. The first-order valence-corrected chi connectivity index (χ1v) is 17.5. The van der Waals surface area contributed by atoms with Crippen LogP contribution in [0.2, 0.25) is 0 Å². The molecule has 0 unspecified atom stereocenters. The van der Waals surface area contributed by atoms with Gasteiger partial charge in [-0.25, -0.2) is 14.4 Å². The Kier molecular flexibility index (Phi) is 15.7. The molecule has 0 radical (unpaired) electrons. The number of cyclic esters (lactones) is 1. The molecule has 0 saturated carbocycles. The molecule has 2 aliphatic heterocycles. The lowest BCUT2D eigenvalue weighted by molar-refractivity contribution is -0.329. The molecule has 10 nitrogen and oxygen atoms in total. The molecule has 0 aromatic carbocycles. The zero-order chi connectivity index (χ0) is 37.4. The molecule has 0 aromatic heterocycles. The van der Waals surface area contributed by atoms with E-state index in [1.165, 1.54) is 0 Å². The van der Waals surface area contributed by atoms with E-state index in [9.17, 15) is 29.7 Å². The summed E-state index contributed by atoms with van der Waals surface area (Å²) in [7, 11) is 0. The van der Waals surface area contributed by atoms with Gasteiger partial charge in [-0.3, -0.25) is 0 Å². The van der Waals surface area contributed by atoms with E-state index in [2.05, 4.69) is 0 Å². The molecule has 0 amide bonds. The van der Waals surface area contributed by atoms with Gasteiger partial charge in [0.1, 0.15) is 12.2 Å². The van der Waals surface area contributed by atoms with Gasteiger partial charge in [-0.15, -0.1) is 0 Å². The third-order valence-electron chi connectivity index (χ3n) is 10.1. The number of ether oxygens (including phenoxy) is 3. The smallest absolute Gasteiger partial charge is 0.334 e. The monoisotopic (exact) mass is 688 g/mol. The first kappa shape index (κ1) is 42.1. The lowest BCUT2D eigenvalue weighted by Crippen LogP contribution is -2.59. The lowest BCUT2D eigenvalue weighted by Gasteiger charge is -2.50. The largest absolute Gasteiger partial charge is 0.478 e. The van der Waals surface area contributed by atoms with E-state index in [0.717, 1.165) is 17.2 Å². The lowest BCUT2D eigenvalue weighted by atomic mass is 9.75. The average molecular weight is 689 g/mol. The highest BCUT2D eigenvalue weighted by Gasteiger charge is 2.52. The van der Waals surface area contributed by atoms with Crippen molar-refractivity contribution in [1.82, 2.24) is 0 Å². The van der Waals surface area contributed by atoms with E-state index >= 15 is 0 Å². The van der Waals surface area contributed by atoms with Crippen molar-refractivity contribution in [3.8, 4) is 0 Å². The molecule has 0 aromatic rings. The van der Waals surface area contributed by atoms with Gasteiger partial charge in [0.15, 0.2) is 5.79 Å². The van der Waals surface area contributed by atoms with Gasteiger partial charge in [0.2, 0.25) is 0 Å². The van der Waals surface area contributed by atoms with Crippen LogP contribution in [-0.2, 0) is 28.6 Å². The van der Waals surface area contributed by atoms with Gasteiger partial charge in [-0.05, 0) is 45.1 Å². The molecule has 49 heavy (non-hydrogen) atoms. The summed E-state index contributed by atoms with van der Waals surface area (Å²) in [4.78, 5) is 36.8.